The fourth-order valence-electron chi connectivity index (χ4n) is 3.55. The number of hydrogen-bond acceptors (Lipinski definition) is 11. The Labute approximate surface area is 228 Å². The highest BCUT2D eigenvalue weighted by Crippen LogP contribution is 2.15. The van der Waals surface area contributed by atoms with Crippen LogP contribution in [0.25, 0.3) is 0 Å². The highest BCUT2D eigenvalue weighted by atomic mass is 16.6. The second kappa shape index (κ2) is 16.0. The normalized spacial score (nSPS) is 13.3. The zero-order valence-electron chi connectivity index (χ0n) is 25.2. The first-order valence-electron chi connectivity index (χ1n) is 13.2. The number of carbonyl (C=O) groups excluding carboxylic acids is 4. The van der Waals surface area contributed by atoms with Crippen molar-refractivity contribution in [1.82, 2.24) is 9.80 Å². The molecule has 38 heavy (non-hydrogen) atoms. The Kier molecular flexibility index (Phi) is 15.1. The van der Waals surface area contributed by atoms with Crippen LogP contribution in [0.15, 0.2) is 0 Å². The van der Waals surface area contributed by atoms with Crippen LogP contribution in [-0.2, 0) is 38.1 Å². The summed E-state index contributed by atoms with van der Waals surface area (Å²) in [5, 5.41) is 0. The van der Waals surface area contributed by atoms with Gasteiger partial charge in [0.05, 0.1) is 26.7 Å². The molecule has 0 aromatic carbocycles. The third-order valence-electron chi connectivity index (χ3n) is 4.85. The number of unbranched alkanes of at least 4 members (excludes halogenated alkanes) is 1. The monoisotopic (exact) mass is 545 g/mol. The van der Waals surface area contributed by atoms with Crippen LogP contribution in [0.1, 0.15) is 81.6 Å². The number of methoxy groups -OCH3 is 1. The summed E-state index contributed by atoms with van der Waals surface area (Å²) in [6.45, 7) is 16.1. The third kappa shape index (κ3) is 18.1. The van der Waals surface area contributed by atoms with Gasteiger partial charge < -0.3 is 24.7 Å². The highest BCUT2D eigenvalue weighted by molar-refractivity contribution is 5.78. The standard InChI is InChI=1S/C27H51N3O8/c1-25(2,3)36-21(31)17-29(18-22(32)37-26(4,5)6)15-16-30(19-23(33)38-27(7,8)9)20(24(34)35-10)13-11-12-14-28/h20H,11-19,28H2,1-10H3/t20-/m0/s1. The van der Waals surface area contributed by atoms with Crippen LogP contribution in [0, 0.1) is 0 Å². The van der Waals surface area contributed by atoms with Gasteiger partial charge in [-0.25, -0.2) is 0 Å². The largest absolute Gasteiger partial charge is 0.468 e. The van der Waals surface area contributed by atoms with Crippen LogP contribution in [-0.4, -0.2) is 103 Å². The molecule has 0 aliphatic rings. The number of nitrogens with zero attached hydrogens (tertiary/aromatic N) is 2. The minimum atomic E-state index is -0.732. The number of carbonyl (C=O) groups is 4. The summed E-state index contributed by atoms with van der Waals surface area (Å²) in [7, 11) is 1.29. The molecule has 0 saturated heterocycles. The molecule has 11 heteroatoms. The van der Waals surface area contributed by atoms with E-state index in [0.29, 0.717) is 25.8 Å². The van der Waals surface area contributed by atoms with E-state index in [1.165, 1.54) is 7.11 Å². The number of nitrogens with two attached hydrogens (primary N) is 1. The second-order valence-corrected chi connectivity index (χ2v) is 12.3. The molecule has 0 rings (SSSR count). The first kappa shape index (κ1) is 35.8. The number of esters is 4. The van der Waals surface area contributed by atoms with Gasteiger partial charge >= 0.3 is 23.9 Å². The Morgan fingerprint density at radius 2 is 1.11 bits per heavy atom. The van der Waals surface area contributed by atoms with Gasteiger partial charge in [0.2, 0.25) is 0 Å². The van der Waals surface area contributed by atoms with Crippen LogP contribution in [0.2, 0.25) is 0 Å². The molecular weight excluding hydrogens is 494 g/mol. The molecule has 0 aromatic heterocycles. The Balaban J connectivity index is 5.89. The quantitative estimate of drug-likeness (QED) is 0.184. The zero-order valence-corrected chi connectivity index (χ0v) is 25.2. The lowest BCUT2D eigenvalue weighted by Gasteiger charge is -2.32. The average Bonchev–Trinajstić information content (AvgIpc) is 2.69. The summed E-state index contributed by atoms with van der Waals surface area (Å²) in [6, 6.07) is -0.732. The molecule has 0 radical (unpaired) electrons. The lowest BCUT2D eigenvalue weighted by Crippen LogP contribution is -2.50. The van der Waals surface area contributed by atoms with E-state index in [0.717, 1.165) is 0 Å². The molecule has 0 aromatic rings. The molecule has 0 unspecified atom stereocenters. The van der Waals surface area contributed by atoms with Crippen molar-refractivity contribution in [3.8, 4) is 0 Å². The predicted molar refractivity (Wildman–Crippen MR) is 144 cm³/mol. The molecule has 2 N–H and O–H groups in total. The summed E-state index contributed by atoms with van der Waals surface area (Å²) in [5.74, 6) is -2.01. The van der Waals surface area contributed by atoms with Crippen LogP contribution >= 0.6 is 0 Å². The van der Waals surface area contributed by atoms with Crippen molar-refractivity contribution in [2.24, 2.45) is 5.73 Å². The molecule has 0 aliphatic carbocycles. The van der Waals surface area contributed by atoms with Gasteiger partial charge in [-0.3, -0.25) is 29.0 Å². The molecule has 0 aliphatic heterocycles. The van der Waals surface area contributed by atoms with E-state index in [4.69, 9.17) is 24.7 Å². The molecule has 222 valence electrons. The fraction of sp³-hybridized carbons (Fsp3) is 0.852. The van der Waals surface area contributed by atoms with Gasteiger partial charge in [0, 0.05) is 13.1 Å². The van der Waals surface area contributed by atoms with E-state index >= 15 is 0 Å². The minimum absolute atomic E-state index is 0.172. The summed E-state index contributed by atoms with van der Waals surface area (Å²) >= 11 is 0. The molecule has 0 heterocycles. The minimum Gasteiger partial charge on any atom is -0.468 e. The summed E-state index contributed by atoms with van der Waals surface area (Å²) < 4.78 is 21.4. The Bertz CT molecular complexity index is 736. The molecule has 0 saturated carbocycles. The molecule has 0 fully saturated rings. The topological polar surface area (TPSA) is 138 Å². The Hall–Kier alpha value is -2.24. The second-order valence-electron chi connectivity index (χ2n) is 12.3. The van der Waals surface area contributed by atoms with E-state index in [2.05, 4.69) is 0 Å². The van der Waals surface area contributed by atoms with Crippen LogP contribution in [0.5, 0.6) is 0 Å². The van der Waals surface area contributed by atoms with Crippen molar-refractivity contribution >= 4 is 23.9 Å². The lowest BCUT2D eigenvalue weighted by molar-refractivity contribution is -0.163. The van der Waals surface area contributed by atoms with Gasteiger partial charge in [0.1, 0.15) is 22.8 Å². The fourth-order valence-corrected chi connectivity index (χ4v) is 3.55. The lowest BCUT2D eigenvalue weighted by atomic mass is 10.1. The average molecular weight is 546 g/mol. The molecule has 0 spiro atoms. The Morgan fingerprint density at radius 1 is 0.684 bits per heavy atom. The maximum Gasteiger partial charge on any atom is 0.323 e. The first-order chi connectivity index (χ1) is 17.3. The maximum absolute atomic E-state index is 12.7. The van der Waals surface area contributed by atoms with Crippen molar-refractivity contribution in [2.75, 3.05) is 46.4 Å². The third-order valence-corrected chi connectivity index (χ3v) is 4.85. The predicted octanol–water partition coefficient (Wildman–Crippen LogP) is 2.29. The van der Waals surface area contributed by atoms with Gasteiger partial charge in [-0.05, 0) is 81.7 Å². The molecule has 11 nitrogen and oxygen atoms in total. The van der Waals surface area contributed by atoms with Gasteiger partial charge in [0.15, 0.2) is 0 Å². The number of rotatable bonds is 15. The highest BCUT2D eigenvalue weighted by Gasteiger charge is 2.31. The van der Waals surface area contributed by atoms with E-state index < -0.39 is 46.7 Å². The van der Waals surface area contributed by atoms with Gasteiger partial charge in [-0.15, -0.1) is 0 Å². The number of hydrogen-bond donors (Lipinski definition) is 1. The van der Waals surface area contributed by atoms with Crippen molar-refractivity contribution in [3.05, 3.63) is 0 Å². The van der Waals surface area contributed by atoms with Gasteiger partial charge in [-0.2, -0.15) is 0 Å². The van der Waals surface area contributed by atoms with Crippen molar-refractivity contribution < 1.29 is 38.1 Å². The molecular formula is C27H51N3O8. The summed E-state index contributed by atoms with van der Waals surface area (Å²) in [5.41, 5.74) is 3.53. The van der Waals surface area contributed by atoms with E-state index in [9.17, 15) is 19.2 Å². The maximum atomic E-state index is 12.7. The van der Waals surface area contributed by atoms with Gasteiger partial charge in [0.25, 0.3) is 0 Å². The van der Waals surface area contributed by atoms with Crippen LogP contribution < -0.4 is 5.73 Å². The van der Waals surface area contributed by atoms with E-state index in [1.807, 2.05) is 0 Å². The Morgan fingerprint density at radius 3 is 1.47 bits per heavy atom. The summed E-state index contributed by atoms with van der Waals surface area (Å²) in [4.78, 5) is 53.9. The molecule has 1 atom stereocenters. The van der Waals surface area contributed by atoms with Crippen molar-refractivity contribution in [1.29, 1.82) is 0 Å². The van der Waals surface area contributed by atoms with Crippen LogP contribution in [0.3, 0.4) is 0 Å². The van der Waals surface area contributed by atoms with Crippen molar-refractivity contribution in [3.63, 3.8) is 0 Å². The van der Waals surface area contributed by atoms with Crippen LogP contribution in [0.4, 0.5) is 0 Å². The van der Waals surface area contributed by atoms with Gasteiger partial charge in [-0.1, -0.05) is 6.42 Å². The van der Waals surface area contributed by atoms with E-state index in [1.54, 1.807) is 72.1 Å². The summed E-state index contributed by atoms with van der Waals surface area (Å²) in [6.07, 6.45) is 1.78. The molecule has 0 amide bonds. The van der Waals surface area contributed by atoms with Crippen molar-refractivity contribution in [2.45, 2.75) is 104 Å². The zero-order chi connectivity index (χ0) is 29.7. The number of ether oxygens (including phenoxy) is 4. The smallest absolute Gasteiger partial charge is 0.323 e. The SMILES string of the molecule is COC(=O)[C@H](CCCCN)N(CCN(CC(=O)OC(C)(C)C)CC(=O)OC(C)(C)C)CC(=O)OC(C)(C)C. The first-order valence-corrected chi connectivity index (χ1v) is 13.2. The van der Waals surface area contributed by atoms with E-state index in [-0.39, 0.29) is 32.7 Å². The molecule has 0 bridgehead atoms.